The van der Waals surface area contributed by atoms with Crippen LogP contribution >= 0.6 is 0 Å². The Hall–Kier alpha value is -2.49. The maximum atomic E-state index is 6.15. The summed E-state index contributed by atoms with van der Waals surface area (Å²) in [4.78, 5) is 4.33. The molecule has 1 aromatic carbocycles. The fourth-order valence-corrected chi connectivity index (χ4v) is 3.27. The summed E-state index contributed by atoms with van der Waals surface area (Å²) in [5.41, 5.74) is 4.55. The predicted molar refractivity (Wildman–Crippen MR) is 95.7 cm³/mol. The van der Waals surface area contributed by atoms with Gasteiger partial charge in [-0.05, 0) is 43.4 Å². The van der Waals surface area contributed by atoms with Crippen molar-refractivity contribution in [3.63, 3.8) is 0 Å². The van der Waals surface area contributed by atoms with Crippen LogP contribution in [0.3, 0.4) is 0 Å². The fourth-order valence-electron chi connectivity index (χ4n) is 3.27. The van der Waals surface area contributed by atoms with E-state index in [-0.39, 0.29) is 0 Å². The standard InChI is InChI=1S/C20H22N2O2/c1-13-5-4-6-17(24-12-14-7-8-14)18(13)16-11-22(2)19-15(16)9-10-21-20(19)23-3/h4-6,9-11,14H,7-8,12H2,1-3H3. The molecular weight excluding hydrogens is 300 g/mol. The van der Waals surface area contributed by atoms with Gasteiger partial charge in [0.15, 0.2) is 0 Å². The van der Waals surface area contributed by atoms with Gasteiger partial charge in [0.25, 0.3) is 0 Å². The first-order valence-electron chi connectivity index (χ1n) is 8.40. The van der Waals surface area contributed by atoms with Crippen LogP contribution < -0.4 is 9.47 Å². The summed E-state index contributed by atoms with van der Waals surface area (Å²) in [6.07, 6.45) is 6.52. The number of benzene rings is 1. The Balaban J connectivity index is 1.88. The number of aryl methyl sites for hydroxylation is 2. The van der Waals surface area contributed by atoms with Crippen molar-refractivity contribution in [2.45, 2.75) is 19.8 Å². The Bertz CT molecular complexity index is 894. The average Bonchev–Trinajstić information content (AvgIpc) is 3.36. The lowest BCUT2D eigenvalue weighted by atomic mass is 9.99. The van der Waals surface area contributed by atoms with Gasteiger partial charge >= 0.3 is 0 Å². The quantitative estimate of drug-likeness (QED) is 0.701. The number of methoxy groups -OCH3 is 1. The van der Waals surface area contributed by atoms with Gasteiger partial charge in [-0.3, -0.25) is 0 Å². The molecule has 0 unspecified atom stereocenters. The van der Waals surface area contributed by atoms with Gasteiger partial charge in [0, 0.05) is 36.0 Å². The molecule has 1 aliphatic carbocycles. The molecule has 2 heterocycles. The van der Waals surface area contributed by atoms with Gasteiger partial charge in [-0.15, -0.1) is 0 Å². The summed E-state index contributed by atoms with van der Waals surface area (Å²) >= 11 is 0. The van der Waals surface area contributed by atoms with Crippen LogP contribution in [0.1, 0.15) is 18.4 Å². The van der Waals surface area contributed by atoms with Crippen molar-refractivity contribution in [1.29, 1.82) is 0 Å². The van der Waals surface area contributed by atoms with Gasteiger partial charge in [-0.2, -0.15) is 0 Å². The van der Waals surface area contributed by atoms with Crippen molar-refractivity contribution in [2.75, 3.05) is 13.7 Å². The topological polar surface area (TPSA) is 36.3 Å². The summed E-state index contributed by atoms with van der Waals surface area (Å²) in [5.74, 6) is 2.34. The lowest BCUT2D eigenvalue weighted by Crippen LogP contribution is -2.01. The van der Waals surface area contributed by atoms with Crippen molar-refractivity contribution in [1.82, 2.24) is 9.55 Å². The predicted octanol–water partition coefficient (Wildman–Crippen LogP) is 4.35. The van der Waals surface area contributed by atoms with E-state index in [4.69, 9.17) is 9.47 Å². The molecule has 0 spiro atoms. The molecular formula is C20H22N2O2. The highest BCUT2D eigenvalue weighted by Crippen LogP contribution is 2.41. The normalized spacial score (nSPS) is 14.1. The van der Waals surface area contributed by atoms with Crippen molar-refractivity contribution in [3.05, 3.63) is 42.2 Å². The van der Waals surface area contributed by atoms with Crippen LogP contribution in [0.4, 0.5) is 0 Å². The van der Waals surface area contributed by atoms with Crippen LogP contribution in [0, 0.1) is 12.8 Å². The van der Waals surface area contributed by atoms with Crippen molar-refractivity contribution >= 4 is 10.9 Å². The minimum Gasteiger partial charge on any atom is -0.493 e. The molecule has 4 nitrogen and oxygen atoms in total. The van der Waals surface area contributed by atoms with Crippen LogP contribution in [0.25, 0.3) is 22.0 Å². The third-order valence-corrected chi connectivity index (χ3v) is 4.73. The first kappa shape index (κ1) is 15.1. The average molecular weight is 322 g/mol. The molecule has 0 radical (unpaired) electrons. The highest BCUT2D eigenvalue weighted by Gasteiger charge is 2.23. The van der Waals surface area contributed by atoms with E-state index in [0.29, 0.717) is 5.88 Å². The van der Waals surface area contributed by atoms with Gasteiger partial charge < -0.3 is 14.0 Å². The number of fused-ring (bicyclic) bond motifs is 1. The molecule has 1 fully saturated rings. The molecule has 3 aromatic rings. The summed E-state index contributed by atoms with van der Waals surface area (Å²) in [7, 11) is 3.69. The van der Waals surface area contributed by atoms with Crippen molar-refractivity contribution in [2.24, 2.45) is 13.0 Å². The summed E-state index contributed by atoms with van der Waals surface area (Å²) in [5, 5.41) is 1.13. The van der Waals surface area contributed by atoms with E-state index < -0.39 is 0 Å². The van der Waals surface area contributed by atoms with E-state index in [1.165, 1.54) is 18.4 Å². The second-order valence-electron chi connectivity index (χ2n) is 6.57. The van der Waals surface area contributed by atoms with Gasteiger partial charge in [0.1, 0.15) is 11.3 Å². The fraction of sp³-hybridized carbons (Fsp3) is 0.350. The first-order chi connectivity index (χ1) is 11.7. The Kier molecular flexibility index (Phi) is 3.68. The molecule has 124 valence electrons. The zero-order valence-corrected chi connectivity index (χ0v) is 14.4. The highest BCUT2D eigenvalue weighted by molar-refractivity contribution is 6.00. The van der Waals surface area contributed by atoms with Crippen LogP contribution in [0.15, 0.2) is 36.7 Å². The molecule has 4 rings (SSSR count). The Labute approximate surface area is 142 Å². The number of aromatic nitrogens is 2. The minimum atomic E-state index is 0.648. The van der Waals surface area contributed by atoms with Gasteiger partial charge in [0.05, 0.1) is 13.7 Å². The molecule has 1 aliphatic rings. The smallest absolute Gasteiger partial charge is 0.238 e. The molecule has 4 heteroatoms. The Morgan fingerprint density at radius 1 is 1.25 bits per heavy atom. The molecule has 24 heavy (non-hydrogen) atoms. The molecule has 0 atom stereocenters. The van der Waals surface area contributed by atoms with E-state index >= 15 is 0 Å². The van der Waals surface area contributed by atoms with Gasteiger partial charge in [-0.25, -0.2) is 4.98 Å². The molecule has 0 saturated heterocycles. The number of nitrogens with zero attached hydrogens (tertiary/aromatic N) is 2. The van der Waals surface area contributed by atoms with E-state index in [1.54, 1.807) is 13.3 Å². The lowest BCUT2D eigenvalue weighted by Gasteiger charge is -2.13. The molecule has 0 amide bonds. The molecule has 2 aromatic heterocycles. The summed E-state index contributed by atoms with van der Waals surface area (Å²) in [6, 6.07) is 8.32. The highest BCUT2D eigenvalue weighted by atomic mass is 16.5. The largest absolute Gasteiger partial charge is 0.493 e. The molecule has 0 N–H and O–H groups in total. The van der Waals surface area contributed by atoms with E-state index in [0.717, 1.165) is 40.3 Å². The molecule has 1 saturated carbocycles. The van der Waals surface area contributed by atoms with E-state index in [9.17, 15) is 0 Å². The van der Waals surface area contributed by atoms with Crippen molar-refractivity contribution < 1.29 is 9.47 Å². The zero-order valence-electron chi connectivity index (χ0n) is 14.4. The monoisotopic (exact) mass is 322 g/mol. The lowest BCUT2D eigenvalue weighted by molar-refractivity contribution is 0.301. The van der Waals surface area contributed by atoms with Gasteiger partial charge in [0.2, 0.25) is 5.88 Å². The third-order valence-electron chi connectivity index (χ3n) is 4.73. The first-order valence-corrected chi connectivity index (χ1v) is 8.40. The van der Waals surface area contributed by atoms with Crippen LogP contribution in [0.5, 0.6) is 11.6 Å². The second-order valence-corrected chi connectivity index (χ2v) is 6.57. The minimum absolute atomic E-state index is 0.648. The van der Waals surface area contributed by atoms with Crippen LogP contribution in [-0.4, -0.2) is 23.3 Å². The van der Waals surface area contributed by atoms with E-state index in [1.807, 2.05) is 13.1 Å². The van der Waals surface area contributed by atoms with Crippen LogP contribution in [-0.2, 0) is 7.05 Å². The third kappa shape index (κ3) is 2.52. The second kappa shape index (κ2) is 5.86. The summed E-state index contributed by atoms with van der Waals surface area (Å²) < 4.78 is 13.7. The summed E-state index contributed by atoms with van der Waals surface area (Å²) in [6.45, 7) is 2.95. The molecule has 0 aliphatic heterocycles. The number of rotatable bonds is 5. The van der Waals surface area contributed by atoms with Crippen LogP contribution in [0.2, 0.25) is 0 Å². The SMILES string of the molecule is COc1nccc2c(-c3c(C)cccc3OCC3CC3)cn(C)c12. The Morgan fingerprint density at radius 2 is 2.08 bits per heavy atom. The van der Waals surface area contributed by atoms with E-state index in [2.05, 4.69) is 40.9 Å². The van der Waals surface area contributed by atoms with Crippen molar-refractivity contribution in [3.8, 4) is 22.8 Å². The maximum absolute atomic E-state index is 6.15. The van der Waals surface area contributed by atoms with Gasteiger partial charge in [-0.1, -0.05) is 12.1 Å². The zero-order chi connectivity index (χ0) is 16.7. The maximum Gasteiger partial charge on any atom is 0.238 e. The Morgan fingerprint density at radius 3 is 2.83 bits per heavy atom. The number of hydrogen-bond donors (Lipinski definition) is 0. The number of ether oxygens (including phenoxy) is 2. The molecule has 0 bridgehead atoms. The number of hydrogen-bond acceptors (Lipinski definition) is 3. The number of pyridine rings is 1.